The van der Waals surface area contributed by atoms with Crippen LogP contribution in [0.2, 0.25) is 0 Å². The summed E-state index contributed by atoms with van der Waals surface area (Å²) in [4.78, 5) is 27.9. The van der Waals surface area contributed by atoms with Gasteiger partial charge in [0.2, 0.25) is 0 Å². The predicted molar refractivity (Wildman–Crippen MR) is 87.1 cm³/mol. The van der Waals surface area contributed by atoms with Crippen molar-refractivity contribution in [1.29, 1.82) is 0 Å². The summed E-state index contributed by atoms with van der Waals surface area (Å²) in [6.07, 6.45) is 1.55. The molecule has 0 atom stereocenters. The fourth-order valence-electron chi connectivity index (χ4n) is 2.51. The van der Waals surface area contributed by atoms with Gasteiger partial charge in [-0.3, -0.25) is 14.7 Å². The summed E-state index contributed by atoms with van der Waals surface area (Å²) in [5.41, 5.74) is 3.03. The predicted octanol–water partition coefficient (Wildman–Crippen LogP) is 1.85. The van der Waals surface area contributed by atoms with E-state index in [-0.39, 0.29) is 18.4 Å². The smallest absolute Gasteiger partial charge is 0.262 e. The Morgan fingerprint density at radius 1 is 1.33 bits per heavy atom. The van der Waals surface area contributed by atoms with Crippen LogP contribution in [0.25, 0.3) is 11.0 Å². The van der Waals surface area contributed by atoms with Gasteiger partial charge in [-0.25, -0.2) is 4.98 Å². The first-order valence-electron chi connectivity index (χ1n) is 7.29. The van der Waals surface area contributed by atoms with Crippen LogP contribution < -0.4 is 15.4 Å². The molecular formula is C16H13N5O3. The molecule has 8 nitrogen and oxygen atoms in total. The molecule has 1 aromatic carbocycles. The molecule has 0 radical (unpaired) electrons. The number of nitrogens with zero attached hydrogens (tertiary/aromatic N) is 2. The van der Waals surface area contributed by atoms with E-state index in [4.69, 9.17) is 4.74 Å². The van der Waals surface area contributed by atoms with Crippen LogP contribution in [-0.4, -0.2) is 33.6 Å². The van der Waals surface area contributed by atoms with Crippen LogP contribution in [-0.2, 0) is 4.79 Å². The molecule has 1 aliphatic heterocycles. The summed E-state index contributed by atoms with van der Waals surface area (Å²) < 4.78 is 5.32. The molecule has 2 aromatic heterocycles. The molecule has 120 valence electrons. The van der Waals surface area contributed by atoms with Crippen molar-refractivity contribution in [3.63, 3.8) is 0 Å². The Labute approximate surface area is 136 Å². The van der Waals surface area contributed by atoms with Crippen LogP contribution in [0.15, 0.2) is 30.5 Å². The number of aryl methyl sites for hydroxylation is 1. The number of nitrogens with one attached hydrogen (secondary N) is 3. The number of fused-ring (bicyclic) bond motifs is 2. The van der Waals surface area contributed by atoms with E-state index < -0.39 is 0 Å². The Bertz CT molecular complexity index is 979. The Morgan fingerprint density at radius 2 is 2.21 bits per heavy atom. The number of aromatic nitrogens is 3. The van der Waals surface area contributed by atoms with Crippen molar-refractivity contribution in [2.45, 2.75) is 6.92 Å². The molecule has 1 aliphatic rings. The third-order valence-electron chi connectivity index (χ3n) is 3.73. The van der Waals surface area contributed by atoms with Crippen molar-refractivity contribution in [3.8, 4) is 5.75 Å². The monoisotopic (exact) mass is 323 g/mol. The minimum atomic E-state index is -0.291. The van der Waals surface area contributed by atoms with Crippen molar-refractivity contribution >= 4 is 34.2 Å². The Hall–Kier alpha value is -3.42. The molecule has 2 amide bonds. The first-order valence-corrected chi connectivity index (χ1v) is 7.29. The minimum Gasteiger partial charge on any atom is -0.482 e. The highest BCUT2D eigenvalue weighted by Crippen LogP contribution is 2.29. The molecule has 0 spiro atoms. The van der Waals surface area contributed by atoms with Gasteiger partial charge in [-0.2, -0.15) is 5.10 Å². The summed E-state index contributed by atoms with van der Waals surface area (Å²) in [5, 5.41) is 13.2. The van der Waals surface area contributed by atoms with Gasteiger partial charge in [0.25, 0.3) is 11.8 Å². The average molecular weight is 323 g/mol. The van der Waals surface area contributed by atoms with Gasteiger partial charge < -0.3 is 15.4 Å². The van der Waals surface area contributed by atoms with E-state index in [1.165, 1.54) is 0 Å². The molecule has 3 heterocycles. The van der Waals surface area contributed by atoms with Gasteiger partial charge in [-0.15, -0.1) is 0 Å². The number of benzene rings is 1. The lowest BCUT2D eigenvalue weighted by Gasteiger charge is -2.18. The third-order valence-corrected chi connectivity index (χ3v) is 3.73. The number of hydrogen-bond donors (Lipinski definition) is 3. The highest BCUT2D eigenvalue weighted by atomic mass is 16.5. The lowest BCUT2D eigenvalue weighted by molar-refractivity contribution is -0.118. The number of rotatable bonds is 2. The van der Waals surface area contributed by atoms with E-state index in [9.17, 15) is 9.59 Å². The Morgan fingerprint density at radius 3 is 3.08 bits per heavy atom. The van der Waals surface area contributed by atoms with Gasteiger partial charge in [0.1, 0.15) is 5.75 Å². The van der Waals surface area contributed by atoms with Crippen molar-refractivity contribution in [3.05, 3.63) is 41.7 Å². The summed E-state index contributed by atoms with van der Waals surface area (Å²) >= 11 is 0. The second-order valence-corrected chi connectivity index (χ2v) is 5.45. The SMILES string of the molecule is Cc1[nH]nc2ncc(NC(=O)c3ccc4c(c3)OCC(=O)N4)cc12. The molecular weight excluding hydrogens is 310 g/mol. The molecule has 8 heteroatoms. The van der Waals surface area contributed by atoms with Crippen LogP contribution in [0.3, 0.4) is 0 Å². The summed E-state index contributed by atoms with van der Waals surface area (Å²) in [5.74, 6) is -0.0309. The highest BCUT2D eigenvalue weighted by molar-refractivity contribution is 6.06. The molecule has 0 saturated carbocycles. The first kappa shape index (κ1) is 14.2. The number of aromatic amines is 1. The number of anilines is 2. The second-order valence-electron chi connectivity index (χ2n) is 5.45. The maximum absolute atomic E-state index is 12.4. The van der Waals surface area contributed by atoms with E-state index in [1.54, 1.807) is 24.4 Å². The zero-order valence-corrected chi connectivity index (χ0v) is 12.7. The molecule has 0 fully saturated rings. The van der Waals surface area contributed by atoms with Gasteiger partial charge in [0.15, 0.2) is 12.3 Å². The van der Waals surface area contributed by atoms with Gasteiger partial charge in [0, 0.05) is 16.6 Å². The normalized spacial score (nSPS) is 13.1. The maximum atomic E-state index is 12.4. The Kier molecular flexibility index (Phi) is 3.16. The number of H-pyrrole nitrogens is 1. The van der Waals surface area contributed by atoms with Crippen LogP contribution in [0.4, 0.5) is 11.4 Å². The molecule has 0 saturated heterocycles. The highest BCUT2D eigenvalue weighted by Gasteiger charge is 2.18. The molecule has 4 rings (SSSR count). The largest absolute Gasteiger partial charge is 0.482 e. The standard InChI is InChI=1S/C16H13N5O3/c1-8-11-5-10(6-17-15(11)21-20-8)18-16(23)9-2-3-12-13(4-9)24-7-14(22)19-12/h2-6H,7H2,1H3,(H,18,23)(H,19,22)(H,17,20,21). The number of ether oxygens (including phenoxy) is 1. The zero-order chi connectivity index (χ0) is 16.7. The summed E-state index contributed by atoms with van der Waals surface area (Å²) in [6.45, 7) is 1.83. The van der Waals surface area contributed by atoms with Crippen LogP contribution in [0, 0.1) is 6.92 Å². The number of carbonyl (C=O) groups excluding carboxylic acids is 2. The minimum absolute atomic E-state index is 0.0571. The van der Waals surface area contributed by atoms with Gasteiger partial charge in [-0.05, 0) is 31.2 Å². The first-order chi connectivity index (χ1) is 11.6. The van der Waals surface area contributed by atoms with Crippen molar-refractivity contribution in [2.24, 2.45) is 0 Å². The van der Waals surface area contributed by atoms with Crippen LogP contribution >= 0.6 is 0 Å². The number of carbonyl (C=O) groups is 2. The van der Waals surface area contributed by atoms with E-state index >= 15 is 0 Å². The molecule has 0 unspecified atom stereocenters. The molecule has 3 aromatic rings. The summed E-state index contributed by atoms with van der Waals surface area (Å²) in [7, 11) is 0. The second kappa shape index (κ2) is 5.34. The fourth-order valence-corrected chi connectivity index (χ4v) is 2.51. The van der Waals surface area contributed by atoms with Gasteiger partial charge in [0.05, 0.1) is 17.6 Å². The van der Waals surface area contributed by atoms with Crippen LogP contribution in [0.1, 0.15) is 16.1 Å². The van der Waals surface area contributed by atoms with Crippen molar-refractivity contribution in [2.75, 3.05) is 17.2 Å². The maximum Gasteiger partial charge on any atom is 0.262 e. The zero-order valence-electron chi connectivity index (χ0n) is 12.7. The van der Waals surface area contributed by atoms with Gasteiger partial charge >= 0.3 is 0 Å². The average Bonchev–Trinajstić information content (AvgIpc) is 2.95. The number of amides is 2. The van der Waals surface area contributed by atoms with Crippen molar-refractivity contribution < 1.29 is 14.3 Å². The van der Waals surface area contributed by atoms with E-state index in [0.29, 0.717) is 28.3 Å². The number of pyridine rings is 1. The van der Waals surface area contributed by atoms with Crippen molar-refractivity contribution in [1.82, 2.24) is 15.2 Å². The van der Waals surface area contributed by atoms with E-state index in [2.05, 4.69) is 25.8 Å². The van der Waals surface area contributed by atoms with Crippen LogP contribution in [0.5, 0.6) is 5.75 Å². The third kappa shape index (κ3) is 2.43. The van der Waals surface area contributed by atoms with Gasteiger partial charge in [-0.1, -0.05) is 0 Å². The van der Waals surface area contributed by atoms with E-state index in [0.717, 1.165) is 11.1 Å². The fraction of sp³-hybridized carbons (Fsp3) is 0.125. The summed E-state index contributed by atoms with van der Waals surface area (Å²) in [6, 6.07) is 6.68. The number of hydrogen-bond acceptors (Lipinski definition) is 5. The molecule has 24 heavy (non-hydrogen) atoms. The van der Waals surface area contributed by atoms with E-state index in [1.807, 2.05) is 13.0 Å². The lowest BCUT2D eigenvalue weighted by atomic mass is 10.1. The molecule has 0 aliphatic carbocycles. The molecule has 0 bridgehead atoms. The lowest BCUT2D eigenvalue weighted by Crippen LogP contribution is -2.25. The quantitative estimate of drug-likeness (QED) is 0.667. The Balaban J connectivity index is 1.59. The molecule has 3 N–H and O–H groups in total. The topological polar surface area (TPSA) is 109 Å².